The molecule has 0 aliphatic heterocycles. The van der Waals surface area contributed by atoms with Crippen molar-refractivity contribution in [1.82, 2.24) is 0 Å². The molecule has 0 amide bonds. The van der Waals surface area contributed by atoms with Crippen molar-refractivity contribution in [2.24, 2.45) is 0 Å². The number of hydrogen-bond acceptors (Lipinski definition) is 4. The lowest BCUT2D eigenvalue weighted by Gasteiger charge is -1.97. The van der Waals surface area contributed by atoms with Gasteiger partial charge in [0.05, 0.1) is 0 Å². The van der Waals surface area contributed by atoms with Crippen molar-refractivity contribution in [3.8, 4) is 0 Å². The van der Waals surface area contributed by atoms with Crippen molar-refractivity contribution in [3.63, 3.8) is 0 Å². The third kappa shape index (κ3) is 7.47. The molecule has 7 heavy (non-hydrogen) atoms. The first-order valence-corrected chi connectivity index (χ1v) is 4.20. The Labute approximate surface area is 59.1 Å². The van der Waals surface area contributed by atoms with E-state index < -0.39 is 16.1 Å². The zero-order chi connectivity index (χ0) is 5.15. The van der Waals surface area contributed by atoms with E-state index in [9.17, 15) is 0 Å². The van der Waals surface area contributed by atoms with Gasteiger partial charge in [0.15, 0.2) is 0 Å². The summed E-state index contributed by atoms with van der Waals surface area (Å²) in [6, 6.07) is 0. The summed E-state index contributed by atoms with van der Waals surface area (Å²) in [7, 11) is -4.97. The molecule has 0 bridgehead atoms. The van der Waals surface area contributed by atoms with E-state index >= 15 is 0 Å². The van der Waals surface area contributed by atoms with Crippen molar-refractivity contribution >= 4 is 39.2 Å². The Balaban J connectivity index is 0. The predicted molar refractivity (Wildman–Crippen MR) is 28.5 cm³/mol. The van der Waals surface area contributed by atoms with E-state index in [1.54, 1.807) is 0 Å². The fourth-order valence-corrected chi connectivity index (χ4v) is 0. The smallest absolute Gasteiger partial charge is 0.250 e. The molecule has 0 aromatic rings. The van der Waals surface area contributed by atoms with E-state index in [1.807, 2.05) is 0 Å². The van der Waals surface area contributed by atoms with Gasteiger partial charge in [0.25, 0.3) is 16.1 Å². The van der Waals surface area contributed by atoms with Crippen LogP contribution in [0.3, 0.4) is 0 Å². The summed E-state index contributed by atoms with van der Waals surface area (Å²) in [4.78, 5) is 31.1. The molecule has 2 radical (unpaired) electrons. The Bertz CT molecular complexity index is 30.7. The Morgan fingerprint density at radius 3 is 0.857 bits per heavy atom. The molecule has 0 aliphatic carbocycles. The molecule has 4 N–H and O–H groups in total. The van der Waals surface area contributed by atoms with E-state index in [0.717, 1.165) is 0 Å². The van der Waals surface area contributed by atoms with Crippen molar-refractivity contribution in [2.45, 2.75) is 0 Å². The van der Waals surface area contributed by atoms with Gasteiger partial charge in [-0.05, 0) is 0 Å². The summed E-state index contributed by atoms with van der Waals surface area (Å²) < 4.78 is 0. The minimum absolute atomic E-state index is 0. The second-order valence-corrected chi connectivity index (χ2v) is 3.76. The van der Waals surface area contributed by atoms with Gasteiger partial charge in [-0.3, -0.25) is 0 Å². The normalized spacial score (nSPS) is 9.43. The highest BCUT2D eigenvalue weighted by atomic mass is 32.1. The van der Waals surface area contributed by atoms with Gasteiger partial charge >= 0.3 is 0 Å². The van der Waals surface area contributed by atoms with Crippen molar-refractivity contribution in [3.05, 3.63) is 0 Å². The minimum atomic E-state index is -2.48. The van der Waals surface area contributed by atoms with Gasteiger partial charge in [0.2, 0.25) is 0 Å². The first kappa shape index (κ1) is 11.3. The van der Waals surface area contributed by atoms with Crippen molar-refractivity contribution in [2.75, 3.05) is 0 Å². The second kappa shape index (κ2) is 5.60. The van der Waals surface area contributed by atoms with Gasteiger partial charge in [-0.25, -0.2) is 0 Å². The molecule has 0 spiro atoms. The van der Waals surface area contributed by atoms with Crippen LogP contribution in [0.1, 0.15) is 0 Å². The van der Waals surface area contributed by atoms with Gasteiger partial charge < -0.3 is 19.6 Å². The molecule has 0 fully saturated rings. The molecular weight excluding hydrogens is 150 g/mol. The molecule has 0 aromatic carbocycles. The van der Waals surface area contributed by atoms with Crippen LogP contribution in [-0.2, 0) is 0 Å². The Kier molecular flexibility index (Phi) is 9.03. The zero-order valence-corrected chi connectivity index (χ0v) is 6.59. The van der Waals surface area contributed by atoms with E-state index in [4.69, 9.17) is 19.6 Å². The standard InChI is InChI=1S/Mg.H4O4P2/c;1-5(2)6(3)4/h;1-4H. The van der Waals surface area contributed by atoms with Crippen LogP contribution in [-0.4, -0.2) is 42.6 Å². The third-order valence-electron chi connectivity index (χ3n) is 0.160. The summed E-state index contributed by atoms with van der Waals surface area (Å²) in [6.45, 7) is 0. The SMILES string of the molecule is OP(O)P(O)O.[Mg]. The molecule has 0 saturated heterocycles. The molecule has 7 heteroatoms. The molecule has 0 unspecified atom stereocenters. The summed E-state index contributed by atoms with van der Waals surface area (Å²) in [5, 5.41) is 0. The summed E-state index contributed by atoms with van der Waals surface area (Å²) in [6.07, 6.45) is 0. The highest BCUT2D eigenvalue weighted by Crippen LogP contribution is 2.56. The molecule has 0 atom stereocenters. The Morgan fingerprint density at radius 2 is 0.857 bits per heavy atom. The highest BCUT2D eigenvalue weighted by Gasteiger charge is 2.08. The van der Waals surface area contributed by atoms with Gasteiger partial charge in [-0.15, -0.1) is 0 Å². The average Bonchev–Trinajstić information content (AvgIpc) is 1.36. The van der Waals surface area contributed by atoms with Crippen LogP contribution in [0, 0.1) is 0 Å². The molecule has 0 saturated carbocycles. The van der Waals surface area contributed by atoms with Gasteiger partial charge in [-0.1, -0.05) is 0 Å². The molecule has 0 aromatic heterocycles. The Morgan fingerprint density at radius 1 is 0.714 bits per heavy atom. The van der Waals surface area contributed by atoms with Crippen molar-refractivity contribution < 1.29 is 19.6 Å². The number of rotatable bonds is 1. The predicted octanol–water partition coefficient (Wildman–Crippen LogP) is -0.886. The first-order chi connectivity index (χ1) is 2.64. The Hall–Kier alpha value is 1.47. The maximum absolute atomic E-state index is 7.78. The van der Waals surface area contributed by atoms with E-state index in [-0.39, 0.29) is 23.1 Å². The topological polar surface area (TPSA) is 80.9 Å². The monoisotopic (exact) mass is 154 g/mol. The third-order valence-corrected chi connectivity index (χ3v) is 1.44. The van der Waals surface area contributed by atoms with Crippen LogP contribution in [0.2, 0.25) is 0 Å². The molecule has 4 nitrogen and oxygen atoms in total. The summed E-state index contributed by atoms with van der Waals surface area (Å²) >= 11 is 0. The van der Waals surface area contributed by atoms with Gasteiger partial charge in [0, 0.05) is 23.1 Å². The molecular formula is H4MgO4P2. The fourth-order valence-electron chi connectivity index (χ4n) is 0. The molecule has 0 heterocycles. The lowest BCUT2D eigenvalue weighted by Crippen LogP contribution is -1.63. The lowest BCUT2D eigenvalue weighted by atomic mass is 15.9. The summed E-state index contributed by atoms with van der Waals surface area (Å²) in [5.74, 6) is 0. The maximum Gasteiger partial charge on any atom is 0.250 e. The van der Waals surface area contributed by atoms with Crippen LogP contribution >= 0.6 is 16.1 Å². The highest BCUT2D eigenvalue weighted by molar-refractivity contribution is 8.19. The number of hydrogen-bond donors (Lipinski definition) is 4. The average molecular weight is 154 g/mol. The lowest BCUT2D eigenvalue weighted by molar-refractivity contribution is 0.457. The van der Waals surface area contributed by atoms with Crippen LogP contribution in [0.4, 0.5) is 0 Å². The van der Waals surface area contributed by atoms with E-state index in [2.05, 4.69) is 0 Å². The second-order valence-electron chi connectivity index (χ2n) is 0.537. The molecule has 0 aliphatic rings. The van der Waals surface area contributed by atoms with Crippen LogP contribution in [0.25, 0.3) is 0 Å². The minimum Gasteiger partial charge on any atom is -0.344 e. The molecule has 0 rings (SSSR count). The van der Waals surface area contributed by atoms with Crippen LogP contribution < -0.4 is 0 Å². The largest absolute Gasteiger partial charge is 0.344 e. The van der Waals surface area contributed by atoms with E-state index in [1.165, 1.54) is 0 Å². The fraction of sp³-hybridized carbons (Fsp3) is 0. The van der Waals surface area contributed by atoms with Crippen molar-refractivity contribution in [1.29, 1.82) is 0 Å². The van der Waals surface area contributed by atoms with Gasteiger partial charge in [0.1, 0.15) is 0 Å². The zero-order valence-electron chi connectivity index (χ0n) is 3.39. The maximum atomic E-state index is 7.78. The first-order valence-electron chi connectivity index (χ1n) is 1.000. The van der Waals surface area contributed by atoms with Crippen LogP contribution in [0.5, 0.6) is 0 Å². The summed E-state index contributed by atoms with van der Waals surface area (Å²) in [5.41, 5.74) is 0. The quantitative estimate of drug-likeness (QED) is 0.292. The van der Waals surface area contributed by atoms with Gasteiger partial charge in [-0.2, -0.15) is 0 Å². The van der Waals surface area contributed by atoms with Crippen LogP contribution in [0.15, 0.2) is 0 Å². The molecule has 40 valence electrons. The van der Waals surface area contributed by atoms with E-state index in [0.29, 0.717) is 0 Å².